The lowest BCUT2D eigenvalue weighted by Gasteiger charge is -2.17. The number of nitrogens with zero attached hydrogens (tertiary/aromatic N) is 3. The molecule has 3 atom stereocenters. The van der Waals surface area contributed by atoms with E-state index in [0.29, 0.717) is 51.2 Å². The zero-order chi connectivity index (χ0) is 24.8. The van der Waals surface area contributed by atoms with Crippen LogP contribution in [-0.2, 0) is 0 Å². The molecular formula is C21H39N3O6S3. The van der Waals surface area contributed by atoms with Gasteiger partial charge in [0.25, 0.3) is 0 Å². The minimum Gasteiger partial charge on any atom is -0.405 e. The molecule has 0 spiro atoms. The van der Waals surface area contributed by atoms with Gasteiger partial charge in [0.15, 0.2) is 0 Å². The van der Waals surface area contributed by atoms with Crippen LogP contribution in [0.3, 0.4) is 0 Å². The van der Waals surface area contributed by atoms with Crippen LogP contribution in [0, 0.1) is 17.8 Å². The topological polar surface area (TPSA) is 93.7 Å². The van der Waals surface area contributed by atoms with Crippen molar-refractivity contribution in [2.24, 2.45) is 17.8 Å². The first-order chi connectivity index (χ1) is 15.8. The molecular weight excluding hydrogens is 486 g/mol. The first-order valence-corrected chi connectivity index (χ1v) is 13.4. The number of aromatic nitrogens is 3. The van der Waals surface area contributed by atoms with Crippen LogP contribution in [0.2, 0.25) is 0 Å². The Morgan fingerprint density at radius 1 is 0.545 bits per heavy atom. The third kappa shape index (κ3) is 10.3. The van der Waals surface area contributed by atoms with Crippen molar-refractivity contribution in [1.29, 1.82) is 0 Å². The second-order valence-corrected chi connectivity index (χ2v) is 9.79. The molecule has 0 N–H and O–H groups in total. The summed E-state index contributed by atoms with van der Waals surface area (Å²) in [4.78, 5) is 54.8. The minimum atomic E-state index is -0.989. The third-order valence-electron chi connectivity index (χ3n) is 5.40. The van der Waals surface area contributed by atoms with E-state index < -0.39 is 17.1 Å². The highest BCUT2D eigenvalue weighted by Gasteiger charge is 2.20. The summed E-state index contributed by atoms with van der Waals surface area (Å²) in [7, 11) is 0. The zero-order valence-corrected chi connectivity index (χ0v) is 22.5. The molecule has 0 saturated heterocycles. The van der Waals surface area contributed by atoms with E-state index in [0.717, 1.165) is 36.5 Å². The Hall–Kier alpha value is -1.14. The van der Waals surface area contributed by atoms with Gasteiger partial charge in [-0.25, -0.2) is 14.4 Å². The van der Waals surface area contributed by atoms with Crippen LogP contribution < -0.4 is 31.6 Å². The van der Waals surface area contributed by atoms with Gasteiger partial charge < -0.3 is 14.5 Å². The molecule has 1 aromatic rings. The summed E-state index contributed by atoms with van der Waals surface area (Å²) in [6, 6.07) is 0. The van der Waals surface area contributed by atoms with Crippen LogP contribution in [0.15, 0.2) is 14.4 Å². The smallest absolute Gasteiger partial charge is 0.403 e. The molecule has 0 radical (unpaired) electrons. The first-order valence-electron chi connectivity index (χ1n) is 11.5. The molecule has 33 heavy (non-hydrogen) atoms. The van der Waals surface area contributed by atoms with Gasteiger partial charge in [-0.15, -0.1) is 0 Å². The lowest BCUT2D eigenvalue weighted by molar-refractivity contribution is -0.0160. The maximum absolute atomic E-state index is 12.8. The predicted octanol–water partition coefficient (Wildman–Crippen LogP) is 1.50. The summed E-state index contributed by atoms with van der Waals surface area (Å²) >= 11 is 12.6. The van der Waals surface area contributed by atoms with E-state index in [1.807, 2.05) is 20.8 Å². The average Bonchev–Trinajstić information content (AvgIpc) is 2.76. The van der Waals surface area contributed by atoms with Crippen molar-refractivity contribution in [3.63, 3.8) is 0 Å². The van der Waals surface area contributed by atoms with Gasteiger partial charge in [-0.2, -0.15) is 37.9 Å². The van der Waals surface area contributed by atoms with Gasteiger partial charge in [0.2, 0.25) is 0 Å². The molecule has 1 aromatic heterocycles. The summed E-state index contributed by atoms with van der Waals surface area (Å²) < 4.78 is 1.59. The van der Waals surface area contributed by atoms with E-state index in [9.17, 15) is 14.4 Å². The first kappa shape index (κ1) is 29.9. The van der Waals surface area contributed by atoms with Crippen molar-refractivity contribution >= 4 is 37.9 Å². The molecule has 0 fully saturated rings. The Morgan fingerprint density at radius 2 is 0.788 bits per heavy atom. The highest BCUT2D eigenvalue weighted by Crippen LogP contribution is 2.08. The highest BCUT2D eigenvalue weighted by atomic mass is 32.1. The molecule has 0 saturated carbocycles. The maximum Gasteiger partial charge on any atom is 0.403 e. The molecule has 12 heteroatoms. The molecule has 1 rings (SSSR count). The molecule has 0 aliphatic carbocycles. The second-order valence-electron chi connectivity index (χ2n) is 8.45. The lowest BCUT2D eigenvalue weighted by Crippen LogP contribution is -2.59. The molecule has 0 aromatic carbocycles. The number of hydrogen-bond acceptors (Lipinski definition) is 9. The van der Waals surface area contributed by atoms with Crippen molar-refractivity contribution < 1.29 is 14.5 Å². The van der Waals surface area contributed by atoms with Gasteiger partial charge in [0.05, 0.1) is 0 Å². The van der Waals surface area contributed by atoms with Crippen LogP contribution in [0.1, 0.15) is 59.3 Å². The van der Waals surface area contributed by atoms with Gasteiger partial charge in [0.1, 0.15) is 19.8 Å². The normalized spacial score (nSPS) is 14.0. The van der Waals surface area contributed by atoms with Gasteiger partial charge in [-0.1, -0.05) is 35.0 Å². The minimum absolute atomic E-state index is 0.125. The average molecular weight is 526 g/mol. The monoisotopic (exact) mass is 525 g/mol. The Kier molecular flexibility index (Phi) is 14.9. The van der Waals surface area contributed by atoms with Crippen LogP contribution in [-0.4, -0.2) is 51.3 Å². The van der Waals surface area contributed by atoms with E-state index >= 15 is 0 Å². The summed E-state index contributed by atoms with van der Waals surface area (Å²) in [5, 5.41) is 0. The lowest BCUT2D eigenvalue weighted by atomic mass is 10.1. The maximum atomic E-state index is 12.8. The van der Waals surface area contributed by atoms with Crippen molar-refractivity contribution in [2.45, 2.75) is 59.3 Å². The Morgan fingerprint density at radius 3 is 1.00 bits per heavy atom. The van der Waals surface area contributed by atoms with Crippen molar-refractivity contribution in [1.82, 2.24) is 14.2 Å². The SMILES string of the molecule is CC(CCS)CCOn1c(=O)n(OCCC(C)CCS)c(=O)n(OCCC(C)CCS)c1=O. The molecule has 1 heterocycles. The fourth-order valence-electron chi connectivity index (χ4n) is 2.95. The predicted molar refractivity (Wildman–Crippen MR) is 140 cm³/mol. The number of rotatable bonds is 18. The largest absolute Gasteiger partial charge is 0.405 e. The van der Waals surface area contributed by atoms with E-state index in [4.69, 9.17) is 14.5 Å². The Labute approximate surface area is 211 Å². The van der Waals surface area contributed by atoms with Crippen molar-refractivity contribution in [2.75, 3.05) is 37.1 Å². The van der Waals surface area contributed by atoms with Crippen LogP contribution in [0.5, 0.6) is 0 Å². The standard InChI is InChI=1S/C21H39N3O6S3/c1-16(7-13-31)4-10-28-22-19(25)23(29-11-5-17(2)8-14-32)21(27)24(20(22)26)30-12-6-18(3)9-15-33/h16-18,31-33H,4-15H2,1-3H3. The van der Waals surface area contributed by atoms with Crippen LogP contribution >= 0.6 is 37.9 Å². The Balaban J connectivity index is 3.10. The molecule has 0 aliphatic heterocycles. The fraction of sp³-hybridized carbons (Fsp3) is 0.857. The molecule has 0 amide bonds. The van der Waals surface area contributed by atoms with Gasteiger partial charge >= 0.3 is 17.1 Å². The van der Waals surface area contributed by atoms with E-state index in [1.54, 1.807) is 0 Å². The van der Waals surface area contributed by atoms with E-state index in [2.05, 4.69) is 37.9 Å². The molecule has 192 valence electrons. The van der Waals surface area contributed by atoms with Gasteiger partial charge in [-0.3, -0.25) is 0 Å². The molecule has 0 bridgehead atoms. The molecule has 3 unspecified atom stereocenters. The third-order valence-corrected chi connectivity index (χ3v) is 6.18. The summed E-state index contributed by atoms with van der Waals surface area (Å²) in [6.07, 6.45) is 4.51. The van der Waals surface area contributed by atoms with Crippen molar-refractivity contribution in [3.8, 4) is 0 Å². The van der Waals surface area contributed by atoms with Gasteiger partial charge in [0, 0.05) is 0 Å². The van der Waals surface area contributed by atoms with Gasteiger partial charge in [-0.05, 0) is 73.5 Å². The molecule has 0 aliphatic rings. The Bertz CT molecular complexity index is 717. The van der Waals surface area contributed by atoms with E-state index in [-0.39, 0.29) is 19.8 Å². The zero-order valence-electron chi connectivity index (χ0n) is 19.9. The second kappa shape index (κ2) is 16.5. The quantitative estimate of drug-likeness (QED) is 0.252. The number of thiol groups is 3. The van der Waals surface area contributed by atoms with Crippen LogP contribution in [0.25, 0.3) is 0 Å². The molecule has 9 nitrogen and oxygen atoms in total. The number of hydrogen-bond donors (Lipinski definition) is 3. The highest BCUT2D eigenvalue weighted by molar-refractivity contribution is 7.80. The fourth-order valence-corrected chi connectivity index (χ4v) is 4.28. The van der Waals surface area contributed by atoms with Crippen molar-refractivity contribution in [3.05, 3.63) is 31.5 Å². The summed E-state index contributed by atoms with van der Waals surface area (Å²) in [5.74, 6) is 3.12. The van der Waals surface area contributed by atoms with Crippen LogP contribution in [0.4, 0.5) is 0 Å². The summed E-state index contributed by atoms with van der Waals surface area (Å²) in [6.45, 7) is 6.48. The van der Waals surface area contributed by atoms with E-state index in [1.165, 1.54) is 0 Å². The summed E-state index contributed by atoms with van der Waals surface area (Å²) in [5.41, 5.74) is -2.97.